The Morgan fingerprint density at radius 3 is 2.23 bits per heavy atom. The summed E-state index contributed by atoms with van der Waals surface area (Å²) in [5.74, 6) is -0.752. The Labute approximate surface area is 242 Å². The SMILES string of the molecule is Cc1ccccc1CN(C(=O)CN(c1ccccc1Cl)S(=O)(=O)c1ccccc1)[C@@H](C)C(=O)NC1CCCCC1. The van der Waals surface area contributed by atoms with Gasteiger partial charge in [-0.15, -0.1) is 0 Å². The molecule has 0 saturated heterocycles. The molecule has 0 aliphatic heterocycles. The van der Waals surface area contributed by atoms with Gasteiger partial charge in [0.1, 0.15) is 12.6 Å². The van der Waals surface area contributed by atoms with Crippen LogP contribution in [0.2, 0.25) is 5.02 Å². The van der Waals surface area contributed by atoms with E-state index >= 15 is 0 Å². The second kappa shape index (κ2) is 13.3. The van der Waals surface area contributed by atoms with Gasteiger partial charge in [0.2, 0.25) is 11.8 Å². The minimum absolute atomic E-state index is 0.0382. The number of nitrogens with one attached hydrogen (secondary N) is 1. The molecule has 1 N–H and O–H groups in total. The number of benzene rings is 3. The summed E-state index contributed by atoms with van der Waals surface area (Å²) in [4.78, 5) is 29.0. The predicted molar refractivity (Wildman–Crippen MR) is 159 cm³/mol. The quantitative estimate of drug-likeness (QED) is 0.332. The van der Waals surface area contributed by atoms with Crippen molar-refractivity contribution in [2.75, 3.05) is 10.8 Å². The molecule has 7 nitrogen and oxygen atoms in total. The summed E-state index contributed by atoms with van der Waals surface area (Å²) in [5.41, 5.74) is 2.04. The van der Waals surface area contributed by atoms with Crippen molar-refractivity contribution in [3.8, 4) is 0 Å². The predicted octanol–water partition coefficient (Wildman–Crippen LogP) is 5.71. The van der Waals surface area contributed by atoms with Gasteiger partial charge in [0.05, 0.1) is 15.6 Å². The summed E-state index contributed by atoms with van der Waals surface area (Å²) in [5, 5.41) is 3.32. The van der Waals surface area contributed by atoms with E-state index in [9.17, 15) is 18.0 Å². The number of sulfonamides is 1. The zero-order chi connectivity index (χ0) is 28.7. The number of aryl methyl sites for hydroxylation is 1. The molecule has 0 radical (unpaired) electrons. The third-order valence-corrected chi connectivity index (χ3v) is 9.55. The largest absolute Gasteiger partial charge is 0.352 e. The molecular formula is C31H36ClN3O4S. The van der Waals surface area contributed by atoms with Crippen molar-refractivity contribution in [3.05, 3.63) is 95.0 Å². The number of nitrogens with zero attached hydrogens (tertiary/aromatic N) is 2. The van der Waals surface area contributed by atoms with E-state index in [1.54, 1.807) is 49.4 Å². The molecule has 40 heavy (non-hydrogen) atoms. The molecule has 4 rings (SSSR count). The van der Waals surface area contributed by atoms with Gasteiger partial charge in [-0.05, 0) is 62.1 Å². The van der Waals surface area contributed by atoms with Gasteiger partial charge >= 0.3 is 0 Å². The molecule has 2 amide bonds. The highest BCUT2D eigenvalue weighted by molar-refractivity contribution is 7.92. The van der Waals surface area contributed by atoms with E-state index in [2.05, 4.69) is 5.32 Å². The van der Waals surface area contributed by atoms with Crippen LogP contribution >= 0.6 is 11.6 Å². The van der Waals surface area contributed by atoms with E-state index in [1.807, 2.05) is 31.2 Å². The Bertz CT molecular complexity index is 1430. The first-order chi connectivity index (χ1) is 19.2. The molecule has 1 fully saturated rings. The number of hydrogen-bond donors (Lipinski definition) is 1. The molecule has 1 saturated carbocycles. The van der Waals surface area contributed by atoms with Gasteiger partial charge in [-0.3, -0.25) is 13.9 Å². The standard InChI is InChI=1S/C31H36ClN3O4S/c1-23-13-9-10-14-25(23)21-34(24(2)31(37)33-26-15-5-3-6-16-26)30(36)22-35(29-20-12-11-19-28(29)32)40(38,39)27-17-7-4-8-18-27/h4,7-14,17-20,24,26H,3,5-6,15-16,21-22H2,1-2H3,(H,33,37)/t24-/m0/s1. The first kappa shape index (κ1) is 29.6. The van der Waals surface area contributed by atoms with Gasteiger partial charge < -0.3 is 10.2 Å². The third kappa shape index (κ3) is 7.04. The minimum atomic E-state index is -4.15. The van der Waals surface area contributed by atoms with Crippen LogP contribution in [0, 0.1) is 6.92 Å². The van der Waals surface area contributed by atoms with Crippen molar-refractivity contribution >= 4 is 39.1 Å². The van der Waals surface area contributed by atoms with E-state index in [4.69, 9.17) is 11.6 Å². The number of carbonyl (C=O) groups is 2. The van der Waals surface area contributed by atoms with E-state index in [0.717, 1.165) is 47.5 Å². The lowest BCUT2D eigenvalue weighted by Gasteiger charge is -2.33. The molecule has 0 heterocycles. The van der Waals surface area contributed by atoms with Crippen LogP contribution in [0.3, 0.4) is 0 Å². The summed E-state index contributed by atoms with van der Waals surface area (Å²) < 4.78 is 28.7. The topological polar surface area (TPSA) is 86.8 Å². The van der Waals surface area contributed by atoms with Gasteiger partial charge in [-0.25, -0.2) is 8.42 Å². The van der Waals surface area contributed by atoms with E-state index < -0.39 is 28.5 Å². The molecule has 1 aliphatic rings. The fraction of sp³-hybridized carbons (Fsp3) is 0.355. The van der Waals surface area contributed by atoms with Crippen LogP contribution in [0.5, 0.6) is 0 Å². The lowest BCUT2D eigenvalue weighted by molar-refractivity contribution is -0.139. The maximum absolute atomic E-state index is 14.1. The molecule has 1 atom stereocenters. The van der Waals surface area contributed by atoms with Crippen molar-refractivity contribution in [1.82, 2.24) is 10.2 Å². The molecule has 0 aromatic heterocycles. The Kier molecular flexibility index (Phi) is 9.87. The summed E-state index contributed by atoms with van der Waals surface area (Å²) in [6.07, 6.45) is 5.12. The number of amides is 2. The summed E-state index contributed by atoms with van der Waals surface area (Å²) >= 11 is 6.45. The summed E-state index contributed by atoms with van der Waals surface area (Å²) in [7, 11) is -4.15. The Balaban J connectivity index is 1.68. The van der Waals surface area contributed by atoms with Crippen LogP contribution in [0.4, 0.5) is 5.69 Å². The van der Waals surface area contributed by atoms with Crippen LogP contribution < -0.4 is 9.62 Å². The first-order valence-corrected chi connectivity index (χ1v) is 15.5. The van der Waals surface area contributed by atoms with Gasteiger partial charge in [0.25, 0.3) is 10.0 Å². The average Bonchev–Trinajstić information content (AvgIpc) is 2.96. The molecular weight excluding hydrogens is 546 g/mol. The molecule has 9 heteroatoms. The van der Waals surface area contributed by atoms with Crippen molar-refractivity contribution in [2.24, 2.45) is 0 Å². The lowest BCUT2D eigenvalue weighted by Crippen LogP contribution is -2.53. The zero-order valence-corrected chi connectivity index (χ0v) is 24.5. The number of rotatable bonds is 10. The second-order valence-corrected chi connectivity index (χ2v) is 12.5. The van der Waals surface area contributed by atoms with Crippen molar-refractivity contribution in [1.29, 1.82) is 0 Å². The molecule has 0 bridgehead atoms. The van der Waals surface area contributed by atoms with Crippen LogP contribution in [0.25, 0.3) is 0 Å². The molecule has 0 unspecified atom stereocenters. The number of hydrogen-bond acceptors (Lipinski definition) is 4. The van der Waals surface area contributed by atoms with E-state index in [1.165, 1.54) is 17.0 Å². The highest BCUT2D eigenvalue weighted by Crippen LogP contribution is 2.31. The Morgan fingerprint density at radius 1 is 0.925 bits per heavy atom. The monoisotopic (exact) mass is 581 g/mol. The van der Waals surface area contributed by atoms with Crippen molar-refractivity contribution in [2.45, 2.75) is 69.5 Å². The maximum atomic E-state index is 14.1. The van der Waals surface area contributed by atoms with Gasteiger partial charge in [0.15, 0.2) is 0 Å². The van der Waals surface area contributed by atoms with Crippen LogP contribution in [0.15, 0.2) is 83.8 Å². The van der Waals surface area contributed by atoms with Gasteiger partial charge in [-0.2, -0.15) is 0 Å². The van der Waals surface area contributed by atoms with Crippen LogP contribution in [0.1, 0.15) is 50.2 Å². The lowest BCUT2D eigenvalue weighted by atomic mass is 9.95. The van der Waals surface area contributed by atoms with Crippen molar-refractivity contribution < 1.29 is 18.0 Å². The Hall–Kier alpha value is -3.36. The molecule has 3 aromatic rings. The second-order valence-electron chi connectivity index (χ2n) is 10.2. The Morgan fingerprint density at radius 2 is 1.55 bits per heavy atom. The fourth-order valence-corrected chi connectivity index (χ4v) is 6.75. The summed E-state index contributed by atoms with van der Waals surface area (Å²) in [6, 6.07) is 21.4. The van der Waals surface area contributed by atoms with Crippen molar-refractivity contribution in [3.63, 3.8) is 0 Å². The normalized spacial score (nSPS) is 14.8. The highest BCUT2D eigenvalue weighted by atomic mass is 35.5. The average molecular weight is 582 g/mol. The molecule has 1 aliphatic carbocycles. The first-order valence-electron chi connectivity index (χ1n) is 13.6. The molecule has 3 aromatic carbocycles. The van der Waals surface area contributed by atoms with Crippen LogP contribution in [-0.2, 0) is 26.2 Å². The number of carbonyl (C=O) groups excluding carboxylic acids is 2. The smallest absolute Gasteiger partial charge is 0.264 e. The fourth-order valence-electron chi connectivity index (χ4n) is 5.01. The van der Waals surface area contributed by atoms with Gasteiger partial charge in [-0.1, -0.05) is 85.5 Å². The number of para-hydroxylation sites is 1. The maximum Gasteiger partial charge on any atom is 0.264 e. The van der Waals surface area contributed by atoms with Crippen LogP contribution in [-0.4, -0.2) is 43.8 Å². The summed E-state index contributed by atoms with van der Waals surface area (Å²) in [6.45, 7) is 3.28. The number of halogens is 1. The zero-order valence-electron chi connectivity index (χ0n) is 22.9. The van der Waals surface area contributed by atoms with Gasteiger partial charge in [0, 0.05) is 12.6 Å². The van der Waals surface area contributed by atoms with E-state index in [-0.39, 0.29) is 34.1 Å². The highest BCUT2D eigenvalue weighted by Gasteiger charge is 2.34. The van der Waals surface area contributed by atoms with E-state index in [0.29, 0.717) is 0 Å². The molecule has 212 valence electrons. The molecule has 0 spiro atoms. The third-order valence-electron chi connectivity index (χ3n) is 7.45. The number of anilines is 1. The minimum Gasteiger partial charge on any atom is -0.352 e.